The van der Waals surface area contributed by atoms with Crippen LogP contribution in [0.3, 0.4) is 0 Å². The molecule has 3 nitrogen and oxygen atoms in total. The molecule has 17 heavy (non-hydrogen) atoms. The van der Waals surface area contributed by atoms with E-state index in [0.29, 0.717) is 0 Å². The maximum absolute atomic E-state index is 5.92. The minimum atomic E-state index is 0.220. The molecule has 98 valence electrons. The fraction of sp³-hybridized carbons (Fsp3) is 0.714. The summed E-state index contributed by atoms with van der Waals surface area (Å²) in [4.78, 5) is 2.40. The Morgan fingerprint density at radius 1 is 1.41 bits per heavy atom. The molecule has 0 spiro atoms. The van der Waals surface area contributed by atoms with Crippen LogP contribution in [0.15, 0.2) is 22.8 Å². The van der Waals surface area contributed by atoms with Crippen molar-refractivity contribution in [3.63, 3.8) is 0 Å². The molecule has 1 aromatic heterocycles. The molecule has 1 heterocycles. The molecule has 1 unspecified atom stereocenters. The first-order chi connectivity index (χ1) is 8.13. The predicted octanol–water partition coefficient (Wildman–Crippen LogP) is 2.87. The molecule has 0 fully saturated rings. The third kappa shape index (κ3) is 4.52. The maximum Gasteiger partial charge on any atom is 0.117 e. The second-order valence-electron chi connectivity index (χ2n) is 5.15. The molecular formula is C14H26N2O. The van der Waals surface area contributed by atoms with Gasteiger partial charge in [0, 0.05) is 6.54 Å². The summed E-state index contributed by atoms with van der Waals surface area (Å²) >= 11 is 0. The summed E-state index contributed by atoms with van der Waals surface area (Å²) in [5.74, 6) is 1.03. The molecule has 0 radical (unpaired) electrons. The Morgan fingerprint density at radius 3 is 2.65 bits per heavy atom. The van der Waals surface area contributed by atoms with Gasteiger partial charge in [0.1, 0.15) is 5.76 Å². The van der Waals surface area contributed by atoms with E-state index in [0.717, 1.165) is 31.9 Å². The van der Waals surface area contributed by atoms with Gasteiger partial charge in [-0.15, -0.1) is 0 Å². The van der Waals surface area contributed by atoms with Crippen molar-refractivity contribution in [2.75, 3.05) is 19.6 Å². The van der Waals surface area contributed by atoms with Crippen LogP contribution in [0.5, 0.6) is 0 Å². The van der Waals surface area contributed by atoms with Gasteiger partial charge in [-0.25, -0.2) is 0 Å². The second kappa shape index (κ2) is 6.82. The zero-order chi connectivity index (χ0) is 12.7. The quantitative estimate of drug-likeness (QED) is 0.757. The molecule has 0 saturated carbocycles. The lowest BCUT2D eigenvalue weighted by Gasteiger charge is -2.33. The molecule has 1 rings (SSSR count). The van der Waals surface area contributed by atoms with Gasteiger partial charge in [0.25, 0.3) is 0 Å². The molecule has 0 aliphatic heterocycles. The molecule has 0 amide bonds. The van der Waals surface area contributed by atoms with Gasteiger partial charge in [0.2, 0.25) is 0 Å². The van der Waals surface area contributed by atoms with E-state index < -0.39 is 0 Å². The van der Waals surface area contributed by atoms with Crippen LogP contribution in [0, 0.1) is 5.41 Å². The van der Waals surface area contributed by atoms with Crippen LogP contribution in [-0.2, 0) is 6.54 Å². The number of nitrogens with two attached hydrogens (primary N) is 1. The molecule has 0 aromatic carbocycles. The Balaban J connectivity index is 2.55. The van der Waals surface area contributed by atoms with Gasteiger partial charge >= 0.3 is 0 Å². The van der Waals surface area contributed by atoms with Gasteiger partial charge in [-0.05, 0) is 37.1 Å². The monoisotopic (exact) mass is 238 g/mol. The normalized spacial score (nSPS) is 15.1. The number of rotatable bonds is 8. The lowest BCUT2D eigenvalue weighted by molar-refractivity contribution is 0.150. The Hall–Kier alpha value is -0.800. The summed E-state index contributed by atoms with van der Waals surface area (Å²) in [7, 11) is 0. The molecule has 0 saturated heterocycles. The van der Waals surface area contributed by atoms with E-state index in [-0.39, 0.29) is 5.41 Å². The minimum Gasteiger partial charge on any atom is -0.468 e. The van der Waals surface area contributed by atoms with Crippen molar-refractivity contribution in [1.82, 2.24) is 4.90 Å². The molecule has 1 atom stereocenters. The van der Waals surface area contributed by atoms with Crippen molar-refractivity contribution in [3.8, 4) is 0 Å². The van der Waals surface area contributed by atoms with Crippen molar-refractivity contribution in [1.29, 1.82) is 0 Å². The van der Waals surface area contributed by atoms with Crippen molar-refractivity contribution >= 4 is 0 Å². The highest BCUT2D eigenvalue weighted by molar-refractivity contribution is 4.98. The van der Waals surface area contributed by atoms with E-state index in [9.17, 15) is 0 Å². The van der Waals surface area contributed by atoms with Crippen LogP contribution in [0.25, 0.3) is 0 Å². The van der Waals surface area contributed by atoms with Crippen LogP contribution in [-0.4, -0.2) is 24.5 Å². The van der Waals surface area contributed by atoms with Gasteiger partial charge < -0.3 is 10.2 Å². The highest BCUT2D eigenvalue weighted by Crippen LogP contribution is 2.24. The number of nitrogens with zero attached hydrogens (tertiary/aromatic N) is 1. The van der Waals surface area contributed by atoms with E-state index in [1.807, 2.05) is 12.1 Å². The van der Waals surface area contributed by atoms with Crippen LogP contribution in [0.2, 0.25) is 0 Å². The molecule has 3 heteroatoms. The molecule has 0 bridgehead atoms. The molecule has 2 N–H and O–H groups in total. The topological polar surface area (TPSA) is 42.4 Å². The third-order valence-electron chi connectivity index (χ3n) is 3.36. The van der Waals surface area contributed by atoms with Crippen LogP contribution < -0.4 is 5.73 Å². The summed E-state index contributed by atoms with van der Waals surface area (Å²) in [6.45, 7) is 10.4. The number of hydrogen-bond acceptors (Lipinski definition) is 3. The molecule has 0 aliphatic rings. The average Bonchev–Trinajstić information content (AvgIpc) is 2.81. The van der Waals surface area contributed by atoms with Gasteiger partial charge in [-0.1, -0.05) is 27.2 Å². The maximum atomic E-state index is 5.92. The van der Waals surface area contributed by atoms with E-state index in [1.165, 1.54) is 12.8 Å². The lowest BCUT2D eigenvalue weighted by atomic mass is 9.85. The molecule has 0 aliphatic carbocycles. The summed E-state index contributed by atoms with van der Waals surface area (Å²) in [5, 5.41) is 0. The van der Waals surface area contributed by atoms with Crippen molar-refractivity contribution in [2.24, 2.45) is 11.1 Å². The molecule has 1 aromatic rings. The SMILES string of the molecule is CCCC(C)(CN)CN(CC)Cc1ccco1. The Bertz CT molecular complexity index is 297. The fourth-order valence-corrected chi connectivity index (χ4v) is 2.29. The second-order valence-corrected chi connectivity index (χ2v) is 5.15. The highest BCUT2D eigenvalue weighted by atomic mass is 16.3. The third-order valence-corrected chi connectivity index (χ3v) is 3.36. The Labute approximate surface area is 105 Å². The Kier molecular flexibility index (Phi) is 5.72. The summed E-state index contributed by atoms with van der Waals surface area (Å²) in [6, 6.07) is 3.97. The summed E-state index contributed by atoms with van der Waals surface area (Å²) in [5.41, 5.74) is 6.14. The van der Waals surface area contributed by atoms with Gasteiger partial charge in [0.05, 0.1) is 12.8 Å². The standard InChI is InChI=1S/C14H26N2O/c1-4-8-14(3,11-15)12-16(5-2)10-13-7-6-9-17-13/h6-7,9H,4-5,8,10-12,15H2,1-3H3. The summed E-state index contributed by atoms with van der Waals surface area (Å²) in [6.07, 6.45) is 4.10. The zero-order valence-electron chi connectivity index (χ0n) is 11.4. The average molecular weight is 238 g/mol. The summed E-state index contributed by atoms with van der Waals surface area (Å²) < 4.78 is 5.40. The number of furan rings is 1. The van der Waals surface area contributed by atoms with Crippen LogP contribution in [0.1, 0.15) is 39.4 Å². The van der Waals surface area contributed by atoms with Crippen molar-refractivity contribution in [3.05, 3.63) is 24.2 Å². The largest absolute Gasteiger partial charge is 0.468 e. The van der Waals surface area contributed by atoms with E-state index >= 15 is 0 Å². The van der Waals surface area contributed by atoms with E-state index in [1.54, 1.807) is 6.26 Å². The van der Waals surface area contributed by atoms with Crippen LogP contribution >= 0.6 is 0 Å². The van der Waals surface area contributed by atoms with Gasteiger partial charge in [-0.2, -0.15) is 0 Å². The highest BCUT2D eigenvalue weighted by Gasteiger charge is 2.24. The molecular weight excluding hydrogens is 212 g/mol. The fourth-order valence-electron chi connectivity index (χ4n) is 2.29. The van der Waals surface area contributed by atoms with Crippen molar-refractivity contribution < 1.29 is 4.42 Å². The smallest absolute Gasteiger partial charge is 0.117 e. The minimum absolute atomic E-state index is 0.220. The van der Waals surface area contributed by atoms with Crippen LogP contribution in [0.4, 0.5) is 0 Å². The van der Waals surface area contributed by atoms with Gasteiger partial charge in [-0.3, -0.25) is 4.90 Å². The first kappa shape index (κ1) is 14.3. The predicted molar refractivity (Wildman–Crippen MR) is 71.7 cm³/mol. The van der Waals surface area contributed by atoms with Crippen molar-refractivity contribution in [2.45, 2.75) is 40.2 Å². The Morgan fingerprint density at radius 2 is 2.18 bits per heavy atom. The van der Waals surface area contributed by atoms with E-state index in [4.69, 9.17) is 10.2 Å². The van der Waals surface area contributed by atoms with E-state index in [2.05, 4.69) is 25.7 Å². The van der Waals surface area contributed by atoms with Gasteiger partial charge in [0.15, 0.2) is 0 Å². The first-order valence-corrected chi connectivity index (χ1v) is 6.58. The first-order valence-electron chi connectivity index (χ1n) is 6.58. The lowest BCUT2D eigenvalue weighted by Crippen LogP contribution is -2.40. The number of hydrogen-bond donors (Lipinski definition) is 1. The zero-order valence-corrected chi connectivity index (χ0v) is 11.4.